The number of nitrogens with one attached hydrogen (secondary N) is 1. The zero-order valence-electron chi connectivity index (χ0n) is 10.1. The number of rotatable bonds is 0. The first-order valence-electron chi connectivity index (χ1n) is 5.50. The predicted octanol–water partition coefficient (Wildman–Crippen LogP) is 0.966. The molecule has 0 aliphatic carbocycles. The van der Waals surface area contributed by atoms with Gasteiger partial charge in [-0.2, -0.15) is 5.26 Å². The number of ether oxygens (including phenoxy) is 1. The lowest BCUT2D eigenvalue weighted by Gasteiger charge is -2.26. The molecule has 5 heteroatoms. The van der Waals surface area contributed by atoms with Crippen molar-refractivity contribution in [2.45, 2.75) is 26.4 Å². The van der Waals surface area contributed by atoms with E-state index >= 15 is 0 Å². The predicted molar refractivity (Wildman–Crippen MR) is 59.8 cm³/mol. The SMILES string of the molecule is CC(C)(C)OC(=O)N1CCNCC(C#N)C1. The van der Waals surface area contributed by atoms with Crippen LogP contribution in [0.5, 0.6) is 0 Å². The van der Waals surface area contributed by atoms with Crippen molar-refractivity contribution >= 4 is 6.09 Å². The minimum atomic E-state index is -0.487. The van der Waals surface area contributed by atoms with E-state index in [2.05, 4.69) is 11.4 Å². The molecule has 1 atom stereocenters. The molecule has 1 saturated heterocycles. The first-order valence-corrected chi connectivity index (χ1v) is 5.50. The summed E-state index contributed by atoms with van der Waals surface area (Å²) in [5.74, 6) is -0.157. The van der Waals surface area contributed by atoms with Gasteiger partial charge in [0, 0.05) is 26.2 Å². The van der Waals surface area contributed by atoms with Gasteiger partial charge in [-0.1, -0.05) is 0 Å². The highest BCUT2D eigenvalue weighted by Gasteiger charge is 2.25. The standard InChI is InChI=1S/C11H19N3O2/c1-11(2,3)16-10(15)14-5-4-13-7-9(6-12)8-14/h9,13H,4-5,7-8H2,1-3H3. The minimum absolute atomic E-state index is 0.157. The van der Waals surface area contributed by atoms with Crippen molar-refractivity contribution in [3.8, 4) is 6.07 Å². The molecule has 0 bridgehead atoms. The second-order valence-electron chi connectivity index (χ2n) is 4.96. The first-order chi connectivity index (χ1) is 7.42. The highest BCUT2D eigenvalue weighted by Crippen LogP contribution is 2.11. The highest BCUT2D eigenvalue weighted by molar-refractivity contribution is 5.68. The maximum absolute atomic E-state index is 11.8. The molecule has 90 valence electrons. The summed E-state index contributed by atoms with van der Waals surface area (Å²) in [6, 6.07) is 2.18. The molecule has 1 aliphatic heterocycles. The molecule has 1 N–H and O–H groups in total. The Balaban J connectivity index is 2.57. The molecular weight excluding hydrogens is 206 g/mol. The Bertz CT molecular complexity index is 291. The second kappa shape index (κ2) is 5.17. The Labute approximate surface area is 96.4 Å². The van der Waals surface area contributed by atoms with Crippen molar-refractivity contribution in [1.82, 2.24) is 10.2 Å². The van der Waals surface area contributed by atoms with Crippen LogP contribution >= 0.6 is 0 Å². The van der Waals surface area contributed by atoms with Crippen molar-refractivity contribution in [2.24, 2.45) is 5.92 Å². The Hall–Kier alpha value is -1.28. The summed E-state index contributed by atoms with van der Waals surface area (Å²) in [6.45, 7) is 7.88. The third-order valence-corrected chi connectivity index (χ3v) is 2.22. The molecule has 0 saturated carbocycles. The monoisotopic (exact) mass is 225 g/mol. The van der Waals surface area contributed by atoms with Crippen LogP contribution in [0.4, 0.5) is 4.79 Å². The quantitative estimate of drug-likeness (QED) is 0.667. The average molecular weight is 225 g/mol. The van der Waals surface area contributed by atoms with E-state index in [9.17, 15) is 4.79 Å². The van der Waals surface area contributed by atoms with E-state index in [0.29, 0.717) is 26.2 Å². The average Bonchev–Trinajstić information content (AvgIpc) is 2.39. The van der Waals surface area contributed by atoms with Crippen LogP contribution in [0.1, 0.15) is 20.8 Å². The van der Waals surface area contributed by atoms with Gasteiger partial charge in [-0.15, -0.1) is 0 Å². The van der Waals surface area contributed by atoms with Gasteiger partial charge in [-0.3, -0.25) is 0 Å². The first kappa shape index (κ1) is 12.8. The summed E-state index contributed by atoms with van der Waals surface area (Å²) in [7, 11) is 0. The molecule has 0 aromatic carbocycles. The van der Waals surface area contributed by atoms with Gasteiger partial charge in [0.1, 0.15) is 5.60 Å². The molecule has 1 rings (SSSR count). The van der Waals surface area contributed by atoms with Crippen molar-refractivity contribution < 1.29 is 9.53 Å². The molecule has 1 unspecified atom stereocenters. The summed E-state index contributed by atoms with van der Waals surface area (Å²) >= 11 is 0. The Morgan fingerprint density at radius 2 is 2.25 bits per heavy atom. The molecule has 1 fully saturated rings. The van der Waals surface area contributed by atoms with Crippen LogP contribution in [-0.4, -0.2) is 42.8 Å². The van der Waals surface area contributed by atoms with Crippen LogP contribution in [0.2, 0.25) is 0 Å². The van der Waals surface area contributed by atoms with Crippen molar-refractivity contribution in [3.05, 3.63) is 0 Å². The lowest BCUT2D eigenvalue weighted by molar-refractivity contribution is 0.0251. The van der Waals surface area contributed by atoms with Crippen LogP contribution in [0.25, 0.3) is 0 Å². The van der Waals surface area contributed by atoms with E-state index in [0.717, 1.165) is 0 Å². The number of carbonyl (C=O) groups is 1. The summed E-state index contributed by atoms with van der Waals surface area (Å²) < 4.78 is 5.28. The second-order valence-corrected chi connectivity index (χ2v) is 4.96. The Morgan fingerprint density at radius 3 is 2.81 bits per heavy atom. The third-order valence-electron chi connectivity index (χ3n) is 2.22. The maximum Gasteiger partial charge on any atom is 0.410 e. The zero-order chi connectivity index (χ0) is 12.2. The molecule has 0 aromatic rings. The smallest absolute Gasteiger partial charge is 0.410 e. The summed E-state index contributed by atoms with van der Waals surface area (Å²) in [5, 5.41) is 12.0. The fraction of sp³-hybridized carbons (Fsp3) is 0.818. The number of hydrogen-bond acceptors (Lipinski definition) is 4. The topological polar surface area (TPSA) is 65.4 Å². The molecule has 0 radical (unpaired) electrons. The normalized spacial score (nSPS) is 22.1. The van der Waals surface area contributed by atoms with Crippen LogP contribution < -0.4 is 5.32 Å². The van der Waals surface area contributed by atoms with Gasteiger partial charge in [-0.05, 0) is 20.8 Å². The van der Waals surface area contributed by atoms with E-state index in [-0.39, 0.29) is 12.0 Å². The number of amides is 1. The van der Waals surface area contributed by atoms with Crippen molar-refractivity contribution in [2.75, 3.05) is 26.2 Å². The van der Waals surface area contributed by atoms with Crippen LogP contribution in [-0.2, 0) is 4.74 Å². The molecule has 0 aromatic heterocycles. The van der Waals surface area contributed by atoms with E-state index in [4.69, 9.17) is 10.00 Å². The fourth-order valence-corrected chi connectivity index (χ4v) is 1.49. The van der Waals surface area contributed by atoms with Gasteiger partial charge in [0.2, 0.25) is 0 Å². The molecule has 5 nitrogen and oxygen atoms in total. The lowest BCUT2D eigenvalue weighted by Crippen LogP contribution is -2.39. The molecular formula is C11H19N3O2. The molecule has 1 aliphatic rings. The Kier molecular flexibility index (Phi) is 4.13. The molecule has 1 amide bonds. The van der Waals surface area contributed by atoms with Crippen molar-refractivity contribution in [1.29, 1.82) is 5.26 Å². The number of nitriles is 1. The van der Waals surface area contributed by atoms with Crippen LogP contribution in [0.3, 0.4) is 0 Å². The van der Waals surface area contributed by atoms with Gasteiger partial charge >= 0.3 is 6.09 Å². The highest BCUT2D eigenvalue weighted by atomic mass is 16.6. The van der Waals surface area contributed by atoms with Crippen LogP contribution in [0, 0.1) is 17.2 Å². The third kappa shape index (κ3) is 4.07. The van der Waals surface area contributed by atoms with Gasteiger partial charge in [-0.25, -0.2) is 4.79 Å². The number of nitrogens with zero attached hydrogens (tertiary/aromatic N) is 2. The molecule has 1 heterocycles. The zero-order valence-corrected chi connectivity index (χ0v) is 10.1. The lowest BCUT2D eigenvalue weighted by atomic mass is 10.1. The fourth-order valence-electron chi connectivity index (χ4n) is 1.49. The van der Waals surface area contributed by atoms with Gasteiger partial charge in [0.25, 0.3) is 0 Å². The maximum atomic E-state index is 11.8. The van der Waals surface area contributed by atoms with Crippen molar-refractivity contribution in [3.63, 3.8) is 0 Å². The van der Waals surface area contributed by atoms with Gasteiger partial charge < -0.3 is 15.0 Å². The minimum Gasteiger partial charge on any atom is -0.444 e. The molecule has 0 spiro atoms. The number of carbonyl (C=O) groups excluding carboxylic acids is 1. The number of hydrogen-bond donors (Lipinski definition) is 1. The summed E-state index contributed by atoms with van der Waals surface area (Å²) in [6.07, 6.45) is -0.337. The Morgan fingerprint density at radius 1 is 1.56 bits per heavy atom. The van der Waals surface area contributed by atoms with Crippen LogP contribution in [0.15, 0.2) is 0 Å². The van der Waals surface area contributed by atoms with Gasteiger partial charge in [0.05, 0.1) is 12.0 Å². The van der Waals surface area contributed by atoms with E-state index in [1.165, 1.54) is 0 Å². The molecule has 16 heavy (non-hydrogen) atoms. The summed E-state index contributed by atoms with van der Waals surface area (Å²) in [4.78, 5) is 13.4. The van der Waals surface area contributed by atoms with E-state index in [1.54, 1.807) is 4.90 Å². The van der Waals surface area contributed by atoms with E-state index in [1.807, 2.05) is 20.8 Å². The van der Waals surface area contributed by atoms with E-state index < -0.39 is 5.60 Å². The largest absolute Gasteiger partial charge is 0.444 e. The van der Waals surface area contributed by atoms with Gasteiger partial charge in [0.15, 0.2) is 0 Å². The summed E-state index contributed by atoms with van der Waals surface area (Å²) in [5.41, 5.74) is -0.487.